The third-order valence-electron chi connectivity index (χ3n) is 2.66. The SMILES string of the molecule is Cc1ccc(N(C)/C2=C\C=C\C(C)/N=C(/N)N2)s1. The van der Waals surface area contributed by atoms with Crippen molar-refractivity contribution in [2.75, 3.05) is 11.9 Å². The molecule has 96 valence electrons. The summed E-state index contributed by atoms with van der Waals surface area (Å²) in [5.41, 5.74) is 5.85. The smallest absolute Gasteiger partial charge is 0.194 e. The molecule has 0 saturated carbocycles. The van der Waals surface area contributed by atoms with Crippen LogP contribution in [0.15, 0.2) is 41.2 Å². The van der Waals surface area contributed by atoms with E-state index in [-0.39, 0.29) is 6.04 Å². The summed E-state index contributed by atoms with van der Waals surface area (Å²) in [6.07, 6.45) is 6.02. The van der Waals surface area contributed by atoms with E-state index in [4.69, 9.17) is 5.73 Å². The molecular weight excluding hydrogens is 244 g/mol. The number of aryl methyl sites for hydroxylation is 1. The molecule has 1 aliphatic heterocycles. The second-order valence-corrected chi connectivity index (χ2v) is 5.53. The lowest BCUT2D eigenvalue weighted by Crippen LogP contribution is -2.38. The Morgan fingerprint density at radius 2 is 2.22 bits per heavy atom. The summed E-state index contributed by atoms with van der Waals surface area (Å²) in [5, 5.41) is 4.29. The number of nitrogens with one attached hydrogen (secondary N) is 1. The molecule has 1 aromatic heterocycles. The maximum Gasteiger partial charge on any atom is 0.194 e. The molecule has 2 rings (SSSR count). The molecule has 0 bridgehead atoms. The Bertz CT molecular complexity index is 513. The van der Waals surface area contributed by atoms with E-state index < -0.39 is 0 Å². The zero-order chi connectivity index (χ0) is 13.1. The number of rotatable bonds is 2. The van der Waals surface area contributed by atoms with Crippen LogP contribution in [-0.2, 0) is 0 Å². The van der Waals surface area contributed by atoms with Crippen LogP contribution in [0.3, 0.4) is 0 Å². The van der Waals surface area contributed by atoms with Gasteiger partial charge < -0.3 is 16.0 Å². The van der Waals surface area contributed by atoms with Gasteiger partial charge >= 0.3 is 0 Å². The summed E-state index contributed by atoms with van der Waals surface area (Å²) >= 11 is 1.74. The Morgan fingerprint density at radius 3 is 2.89 bits per heavy atom. The van der Waals surface area contributed by atoms with Crippen molar-refractivity contribution in [3.05, 3.63) is 41.1 Å². The number of thiophene rings is 1. The second kappa shape index (κ2) is 5.27. The topological polar surface area (TPSA) is 53.6 Å². The van der Waals surface area contributed by atoms with Gasteiger partial charge in [0, 0.05) is 11.9 Å². The molecule has 1 aromatic rings. The molecule has 0 aromatic carbocycles. The molecule has 18 heavy (non-hydrogen) atoms. The Labute approximate surface area is 112 Å². The van der Waals surface area contributed by atoms with Crippen LogP contribution in [0.5, 0.6) is 0 Å². The Hall–Kier alpha value is -1.75. The van der Waals surface area contributed by atoms with Crippen molar-refractivity contribution in [3.63, 3.8) is 0 Å². The molecule has 5 heteroatoms. The largest absolute Gasteiger partial charge is 0.370 e. The first-order chi connectivity index (χ1) is 8.56. The highest BCUT2D eigenvalue weighted by molar-refractivity contribution is 7.16. The van der Waals surface area contributed by atoms with Gasteiger partial charge in [0.05, 0.1) is 11.0 Å². The maximum absolute atomic E-state index is 5.85. The highest BCUT2D eigenvalue weighted by atomic mass is 32.1. The standard InChI is InChI=1S/C13H18N4S/c1-9-5-4-6-11(16-13(14)15-9)17(3)12-8-7-10(2)18-12/h4-9H,1-3H3,(H3,14,15,16)/b5-4+,11-6-. The van der Waals surface area contributed by atoms with E-state index in [1.807, 2.05) is 32.2 Å². The van der Waals surface area contributed by atoms with Gasteiger partial charge in [0.2, 0.25) is 0 Å². The fourth-order valence-corrected chi connectivity index (χ4v) is 2.53. The zero-order valence-corrected chi connectivity index (χ0v) is 11.7. The average molecular weight is 262 g/mol. The van der Waals surface area contributed by atoms with Crippen LogP contribution in [0.4, 0.5) is 5.00 Å². The number of aliphatic imine (C=N–C) groups is 1. The van der Waals surface area contributed by atoms with Crippen LogP contribution < -0.4 is 16.0 Å². The predicted octanol–water partition coefficient (Wildman–Crippen LogP) is 2.20. The van der Waals surface area contributed by atoms with Crippen molar-refractivity contribution in [2.24, 2.45) is 10.7 Å². The van der Waals surface area contributed by atoms with E-state index in [0.29, 0.717) is 5.96 Å². The molecular formula is C13H18N4S. The van der Waals surface area contributed by atoms with Gasteiger partial charge in [0.25, 0.3) is 0 Å². The third-order valence-corrected chi connectivity index (χ3v) is 3.74. The molecule has 0 aliphatic carbocycles. The van der Waals surface area contributed by atoms with Crippen molar-refractivity contribution < 1.29 is 0 Å². The number of hydrogen-bond acceptors (Lipinski definition) is 5. The molecule has 2 heterocycles. The lowest BCUT2D eigenvalue weighted by Gasteiger charge is -2.22. The van der Waals surface area contributed by atoms with Crippen LogP contribution in [-0.4, -0.2) is 19.0 Å². The predicted molar refractivity (Wildman–Crippen MR) is 78.9 cm³/mol. The number of anilines is 1. The molecule has 1 unspecified atom stereocenters. The van der Waals surface area contributed by atoms with Crippen molar-refractivity contribution >= 4 is 22.3 Å². The quantitative estimate of drug-likeness (QED) is 0.859. The minimum absolute atomic E-state index is 0.101. The average Bonchev–Trinajstić information content (AvgIpc) is 2.71. The summed E-state index contributed by atoms with van der Waals surface area (Å²) in [4.78, 5) is 7.66. The molecule has 3 N–H and O–H groups in total. The number of nitrogens with two attached hydrogens (primary N) is 1. The van der Waals surface area contributed by atoms with Gasteiger partial charge in [-0.05, 0) is 32.1 Å². The zero-order valence-electron chi connectivity index (χ0n) is 10.8. The second-order valence-electron chi connectivity index (χ2n) is 4.26. The molecule has 0 saturated heterocycles. The lowest BCUT2D eigenvalue weighted by molar-refractivity contribution is 0.881. The summed E-state index contributed by atoms with van der Waals surface area (Å²) < 4.78 is 0. The fourth-order valence-electron chi connectivity index (χ4n) is 1.69. The minimum atomic E-state index is 0.101. The summed E-state index contributed by atoms with van der Waals surface area (Å²) in [7, 11) is 2.01. The van der Waals surface area contributed by atoms with E-state index in [2.05, 4.69) is 34.3 Å². The van der Waals surface area contributed by atoms with Crippen LogP contribution in [0, 0.1) is 6.92 Å². The fraction of sp³-hybridized carbons (Fsp3) is 0.308. The highest BCUT2D eigenvalue weighted by Gasteiger charge is 2.11. The third kappa shape index (κ3) is 2.92. The number of guanidine groups is 1. The number of nitrogens with zero attached hydrogens (tertiary/aromatic N) is 2. The molecule has 1 atom stereocenters. The highest BCUT2D eigenvalue weighted by Crippen LogP contribution is 2.26. The maximum atomic E-state index is 5.85. The normalized spacial score (nSPS) is 26.9. The van der Waals surface area contributed by atoms with E-state index in [1.54, 1.807) is 11.3 Å². The minimum Gasteiger partial charge on any atom is -0.370 e. The lowest BCUT2D eigenvalue weighted by atomic mass is 10.3. The Morgan fingerprint density at radius 1 is 1.44 bits per heavy atom. The molecule has 0 fully saturated rings. The molecule has 0 spiro atoms. The molecule has 0 radical (unpaired) electrons. The Balaban J connectivity index is 2.24. The monoisotopic (exact) mass is 262 g/mol. The Kier molecular flexibility index (Phi) is 3.72. The molecule has 4 nitrogen and oxygen atoms in total. The van der Waals surface area contributed by atoms with Gasteiger partial charge in [-0.2, -0.15) is 0 Å². The van der Waals surface area contributed by atoms with Crippen molar-refractivity contribution in [2.45, 2.75) is 19.9 Å². The number of hydrogen-bond donors (Lipinski definition) is 2. The first-order valence-electron chi connectivity index (χ1n) is 5.85. The van der Waals surface area contributed by atoms with Gasteiger partial charge in [0.1, 0.15) is 5.82 Å². The van der Waals surface area contributed by atoms with E-state index in [1.165, 1.54) is 9.88 Å². The first-order valence-corrected chi connectivity index (χ1v) is 6.67. The van der Waals surface area contributed by atoms with Crippen molar-refractivity contribution in [1.82, 2.24) is 5.32 Å². The van der Waals surface area contributed by atoms with E-state index in [0.717, 1.165) is 5.82 Å². The molecule has 1 aliphatic rings. The van der Waals surface area contributed by atoms with Gasteiger partial charge in [-0.25, -0.2) is 4.99 Å². The van der Waals surface area contributed by atoms with Crippen LogP contribution in [0.1, 0.15) is 11.8 Å². The van der Waals surface area contributed by atoms with Gasteiger partial charge in [-0.1, -0.05) is 12.2 Å². The van der Waals surface area contributed by atoms with E-state index in [9.17, 15) is 0 Å². The van der Waals surface area contributed by atoms with Crippen LogP contribution in [0.2, 0.25) is 0 Å². The summed E-state index contributed by atoms with van der Waals surface area (Å²) in [5.74, 6) is 1.36. The number of allylic oxidation sites excluding steroid dienone is 2. The molecule has 0 amide bonds. The van der Waals surface area contributed by atoms with E-state index >= 15 is 0 Å². The van der Waals surface area contributed by atoms with Crippen LogP contribution >= 0.6 is 11.3 Å². The van der Waals surface area contributed by atoms with Gasteiger partial charge in [0.15, 0.2) is 5.96 Å². The van der Waals surface area contributed by atoms with Crippen molar-refractivity contribution in [1.29, 1.82) is 0 Å². The van der Waals surface area contributed by atoms with Crippen molar-refractivity contribution in [3.8, 4) is 0 Å². The first kappa shape index (κ1) is 12.7. The van der Waals surface area contributed by atoms with Gasteiger partial charge in [-0.3, -0.25) is 0 Å². The van der Waals surface area contributed by atoms with Gasteiger partial charge in [-0.15, -0.1) is 11.3 Å². The summed E-state index contributed by atoms with van der Waals surface area (Å²) in [6, 6.07) is 4.31. The van der Waals surface area contributed by atoms with Crippen LogP contribution in [0.25, 0.3) is 0 Å². The summed E-state index contributed by atoms with van der Waals surface area (Å²) in [6.45, 7) is 4.09.